The molecular formula is C16H9BrCl2N2O2. The summed E-state index contributed by atoms with van der Waals surface area (Å²) in [5, 5.41) is 7.00. The first-order valence-electron chi connectivity index (χ1n) is 6.52. The summed E-state index contributed by atoms with van der Waals surface area (Å²) in [7, 11) is 0. The van der Waals surface area contributed by atoms with E-state index >= 15 is 0 Å². The van der Waals surface area contributed by atoms with Crippen molar-refractivity contribution in [3.63, 3.8) is 0 Å². The fraction of sp³-hybridized carbons (Fsp3) is 0. The summed E-state index contributed by atoms with van der Waals surface area (Å²) in [5.74, 6) is 0.363. The van der Waals surface area contributed by atoms with Crippen molar-refractivity contribution in [3.05, 3.63) is 68.6 Å². The van der Waals surface area contributed by atoms with Crippen LogP contribution in [0.1, 0.15) is 10.4 Å². The molecule has 0 saturated carbocycles. The van der Waals surface area contributed by atoms with E-state index in [4.69, 9.17) is 27.7 Å². The summed E-state index contributed by atoms with van der Waals surface area (Å²) in [4.78, 5) is 12.3. The van der Waals surface area contributed by atoms with Crippen molar-refractivity contribution < 1.29 is 9.32 Å². The van der Waals surface area contributed by atoms with Gasteiger partial charge in [-0.25, -0.2) is 0 Å². The van der Waals surface area contributed by atoms with Gasteiger partial charge in [-0.2, -0.15) is 0 Å². The Labute approximate surface area is 150 Å². The van der Waals surface area contributed by atoms with Crippen molar-refractivity contribution in [2.75, 3.05) is 5.32 Å². The second kappa shape index (κ2) is 6.74. The third-order valence-electron chi connectivity index (χ3n) is 3.05. The fourth-order valence-electron chi connectivity index (χ4n) is 2.01. The molecule has 1 aromatic heterocycles. The summed E-state index contributed by atoms with van der Waals surface area (Å²) in [6, 6.07) is 14.0. The van der Waals surface area contributed by atoms with Crippen molar-refractivity contribution in [2.24, 2.45) is 0 Å². The maximum absolute atomic E-state index is 12.3. The number of carbonyl (C=O) groups excluding carboxylic acids is 1. The summed E-state index contributed by atoms with van der Waals surface area (Å²) in [6.07, 6.45) is 0. The maximum atomic E-state index is 12.3. The molecule has 0 aliphatic rings. The molecule has 2 aromatic carbocycles. The van der Waals surface area contributed by atoms with Gasteiger partial charge in [0.1, 0.15) is 0 Å². The van der Waals surface area contributed by atoms with Crippen molar-refractivity contribution in [1.82, 2.24) is 5.16 Å². The minimum atomic E-state index is -0.449. The first-order chi connectivity index (χ1) is 11.0. The first-order valence-corrected chi connectivity index (χ1v) is 8.07. The Balaban J connectivity index is 1.83. The average Bonchev–Trinajstić information content (AvgIpc) is 2.95. The van der Waals surface area contributed by atoms with Gasteiger partial charge in [0.2, 0.25) is 0 Å². The highest BCUT2D eigenvalue weighted by molar-refractivity contribution is 9.10. The van der Waals surface area contributed by atoms with Gasteiger partial charge in [0, 0.05) is 16.1 Å². The Morgan fingerprint density at radius 1 is 1.09 bits per heavy atom. The van der Waals surface area contributed by atoms with Crippen LogP contribution >= 0.6 is 39.1 Å². The van der Waals surface area contributed by atoms with E-state index < -0.39 is 5.91 Å². The molecule has 3 aromatic rings. The largest absolute Gasteiger partial charge is 0.354 e. The van der Waals surface area contributed by atoms with Gasteiger partial charge in [-0.05, 0) is 24.3 Å². The SMILES string of the molecule is O=C(Nc1cc(-c2cccc(Br)c2)on1)c1c(Cl)cccc1Cl. The highest BCUT2D eigenvalue weighted by atomic mass is 79.9. The number of aromatic nitrogens is 1. The van der Waals surface area contributed by atoms with Gasteiger partial charge >= 0.3 is 0 Å². The fourth-order valence-corrected chi connectivity index (χ4v) is 2.97. The smallest absolute Gasteiger partial charge is 0.259 e. The zero-order valence-electron chi connectivity index (χ0n) is 11.5. The van der Waals surface area contributed by atoms with Crippen LogP contribution in [0.5, 0.6) is 0 Å². The number of hydrogen-bond acceptors (Lipinski definition) is 3. The minimum Gasteiger partial charge on any atom is -0.354 e. The van der Waals surface area contributed by atoms with Crippen LogP contribution in [0.4, 0.5) is 5.82 Å². The molecule has 1 N–H and O–H groups in total. The molecular weight excluding hydrogens is 403 g/mol. The first kappa shape index (κ1) is 16.1. The second-order valence-electron chi connectivity index (χ2n) is 4.64. The molecule has 0 radical (unpaired) electrons. The lowest BCUT2D eigenvalue weighted by Gasteiger charge is -2.05. The van der Waals surface area contributed by atoms with Gasteiger partial charge in [-0.3, -0.25) is 4.79 Å². The predicted octanol–water partition coefficient (Wildman–Crippen LogP) is 5.66. The Morgan fingerprint density at radius 3 is 2.48 bits per heavy atom. The number of nitrogens with one attached hydrogen (secondary N) is 1. The van der Waals surface area contributed by atoms with E-state index in [-0.39, 0.29) is 21.4 Å². The molecule has 116 valence electrons. The number of rotatable bonds is 3. The van der Waals surface area contributed by atoms with Crippen molar-refractivity contribution >= 4 is 50.9 Å². The summed E-state index contributed by atoms with van der Waals surface area (Å²) >= 11 is 15.4. The van der Waals surface area contributed by atoms with Crippen LogP contribution in [0, 0.1) is 0 Å². The molecule has 0 aliphatic carbocycles. The Kier molecular flexibility index (Phi) is 4.71. The van der Waals surface area contributed by atoms with E-state index in [2.05, 4.69) is 26.4 Å². The van der Waals surface area contributed by atoms with Crippen LogP contribution in [-0.2, 0) is 0 Å². The molecule has 0 atom stereocenters. The molecule has 0 bridgehead atoms. The minimum absolute atomic E-state index is 0.197. The van der Waals surface area contributed by atoms with Crippen LogP contribution in [-0.4, -0.2) is 11.1 Å². The predicted molar refractivity (Wildman–Crippen MR) is 94.1 cm³/mol. The quantitative estimate of drug-likeness (QED) is 0.604. The van der Waals surface area contributed by atoms with E-state index in [1.807, 2.05) is 24.3 Å². The van der Waals surface area contributed by atoms with E-state index in [1.165, 1.54) is 0 Å². The van der Waals surface area contributed by atoms with Crippen LogP contribution in [0.3, 0.4) is 0 Å². The summed E-state index contributed by atoms with van der Waals surface area (Å²) in [5.41, 5.74) is 1.03. The Bertz CT molecular complexity index is 860. The molecule has 0 fully saturated rings. The number of carbonyl (C=O) groups is 1. The lowest BCUT2D eigenvalue weighted by molar-refractivity contribution is 0.102. The van der Waals surface area contributed by atoms with E-state index in [9.17, 15) is 4.79 Å². The third kappa shape index (κ3) is 3.58. The number of amides is 1. The topological polar surface area (TPSA) is 55.1 Å². The molecule has 1 amide bonds. The van der Waals surface area contributed by atoms with Crippen molar-refractivity contribution in [3.8, 4) is 11.3 Å². The molecule has 0 spiro atoms. The number of hydrogen-bond donors (Lipinski definition) is 1. The number of anilines is 1. The van der Waals surface area contributed by atoms with Crippen LogP contribution < -0.4 is 5.32 Å². The van der Waals surface area contributed by atoms with Crippen LogP contribution in [0.2, 0.25) is 10.0 Å². The zero-order valence-corrected chi connectivity index (χ0v) is 14.6. The number of halogens is 3. The second-order valence-corrected chi connectivity index (χ2v) is 6.37. The molecule has 23 heavy (non-hydrogen) atoms. The molecule has 3 rings (SSSR count). The van der Waals surface area contributed by atoms with Crippen LogP contribution in [0.25, 0.3) is 11.3 Å². The van der Waals surface area contributed by atoms with Gasteiger partial charge in [0.05, 0.1) is 15.6 Å². The van der Waals surface area contributed by atoms with E-state index in [0.29, 0.717) is 5.76 Å². The van der Waals surface area contributed by atoms with Gasteiger partial charge in [-0.1, -0.05) is 62.5 Å². The van der Waals surface area contributed by atoms with E-state index in [1.54, 1.807) is 24.3 Å². The highest BCUT2D eigenvalue weighted by Crippen LogP contribution is 2.27. The zero-order chi connectivity index (χ0) is 16.4. The third-order valence-corrected chi connectivity index (χ3v) is 4.17. The molecule has 7 heteroatoms. The standard InChI is InChI=1S/C16H9BrCl2N2O2/c17-10-4-1-3-9(7-10)13-8-14(21-23-13)20-16(22)15-11(18)5-2-6-12(15)19/h1-8H,(H,20,21,22). The summed E-state index contributed by atoms with van der Waals surface area (Å²) < 4.78 is 6.17. The highest BCUT2D eigenvalue weighted by Gasteiger charge is 2.16. The van der Waals surface area contributed by atoms with Crippen LogP contribution in [0.15, 0.2) is 57.5 Å². The lowest BCUT2D eigenvalue weighted by atomic mass is 10.2. The maximum Gasteiger partial charge on any atom is 0.259 e. The van der Waals surface area contributed by atoms with Gasteiger partial charge in [0.15, 0.2) is 11.6 Å². The Morgan fingerprint density at radius 2 is 1.78 bits per heavy atom. The van der Waals surface area contributed by atoms with Crippen molar-refractivity contribution in [2.45, 2.75) is 0 Å². The lowest BCUT2D eigenvalue weighted by Crippen LogP contribution is -2.13. The number of nitrogens with zero attached hydrogens (tertiary/aromatic N) is 1. The molecule has 4 nitrogen and oxygen atoms in total. The summed E-state index contributed by atoms with van der Waals surface area (Å²) in [6.45, 7) is 0. The van der Waals surface area contributed by atoms with Gasteiger partial charge in [0.25, 0.3) is 5.91 Å². The monoisotopic (exact) mass is 410 g/mol. The van der Waals surface area contributed by atoms with Gasteiger partial charge in [-0.15, -0.1) is 0 Å². The molecule has 0 aliphatic heterocycles. The number of benzene rings is 2. The average molecular weight is 412 g/mol. The van der Waals surface area contributed by atoms with Crippen molar-refractivity contribution in [1.29, 1.82) is 0 Å². The normalized spacial score (nSPS) is 10.6. The molecule has 1 heterocycles. The van der Waals surface area contributed by atoms with E-state index in [0.717, 1.165) is 10.0 Å². The molecule has 0 unspecified atom stereocenters. The van der Waals surface area contributed by atoms with Gasteiger partial charge < -0.3 is 9.84 Å². The Hall–Kier alpha value is -1.82. The molecule has 0 saturated heterocycles.